The Hall–Kier alpha value is -7.44. The number of hydrogen-bond donors (Lipinski definition) is 2. The second kappa shape index (κ2) is 19.3. The normalized spacial score (nSPS) is 15.7. The van der Waals surface area contributed by atoms with Crippen molar-refractivity contribution in [3.63, 3.8) is 0 Å². The molecular formula is C46H42N10O6S2. The first-order valence-electron chi connectivity index (χ1n) is 20.5. The van der Waals surface area contributed by atoms with E-state index in [4.69, 9.17) is 18.9 Å². The van der Waals surface area contributed by atoms with E-state index in [9.17, 15) is 9.59 Å². The molecule has 0 aliphatic carbocycles. The van der Waals surface area contributed by atoms with E-state index in [2.05, 4.69) is 52.7 Å². The van der Waals surface area contributed by atoms with Crippen LogP contribution in [0.3, 0.4) is 0 Å². The van der Waals surface area contributed by atoms with Crippen LogP contribution in [0, 0.1) is 11.8 Å². The van der Waals surface area contributed by atoms with E-state index in [0.717, 1.165) is 54.9 Å². The summed E-state index contributed by atoms with van der Waals surface area (Å²) in [7, 11) is 2.83. The largest absolute Gasteiger partial charge is 0.469 e. The Labute approximate surface area is 375 Å². The number of anilines is 6. The van der Waals surface area contributed by atoms with Gasteiger partial charge in [0.1, 0.15) is 11.5 Å². The quantitative estimate of drug-likeness (QED) is 0.111. The smallest absolute Gasteiger partial charge is 0.310 e. The molecule has 0 radical (unpaired) electrons. The molecule has 2 N–H and O–H groups in total. The summed E-state index contributed by atoms with van der Waals surface area (Å²) in [6, 6.07) is 31.3. The van der Waals surface area contributed by atoms with Gasteiger partial charge in [0, 0.05) is 62.3 Å². The maximum absolute atomic E-state index is 11.9. The molecule has 2 fully saturated rings. The third-order valence-corrected chi connectivity index (χ3v) is 12.5. The fourth-order valence-corrected chi connectivity index (χ4v) is 9.14. The third-order valence-electron chi connectivity index (χ3n) is 10.6. The Morgan fingerprint density at radius 1 is 0.562 bits per heavy atom. The zero-order valence-electron chi connectivity index (χ0n) is 34.8. The average Bonchev–Trinajstić information content (AvgIpc) is 4.17. The van der Waals surface area contributed by atoms with Crippen molar-refractivity contribution in [2.24, 2.45) is 11.8 Å². The molecule has 2 atom stereocenters. The summed E-state index contributed by atoms with van der Waals surface area (Å²) in [4.78, 5) is 54.5. The number of nitrogens with zero attached hydrogens (tertiary/aromatic N) is 8. The van der Waals surface area contributed by atoms with Gasteiger partial charge in [-0.2, -0.15) is 0 Å². The molecule has 0 unspecified atom stereocenters. The lowest BCUT2D eigenvalue weighted by atomic mass is 10.1. The minimum atomic E-state index is -0.199. The van der Waals surface area contributed by atoms with Crippen LogP contribution in [-0.4, -0.2) is 82.2 Å². The first kappa shape index (κ1) is 41.9. The molecule has 2 aliphatic heterocycles. The van der Waals surface area contributed by atoms with Crippen molar-refractivity contribution in [3.05, 3.63) is 122 Å². The minimum absolute atomic E-state index is 0.164. The second-order valence-electron chi connectivity index (χ2n) is 14.8. The summed E-state index contributed by atoms with van der Waals surface area (Å²) in [5.74, 6) is 2.62. The van der Waals surface area contributed by atoms with Crippen molar-refractivity contribution in [2.75, 3.05) is 60.8 Å². The third kappa shape index (κ3) is 9.77. The lowest BCUT2D eigenvalue weighted by molar-refractivity contribution is -0.145. The van der Waals surface area contributed by atoms with Crippen molar-refractivity contribution >= 4 is 88.3 Å². The Bertz CT molecular complexity index is 2620. The summed E-state index contributed by atoms with van der Waals surface area (Å²) in [6.45, 7) is 2.46. The summed E-state index contributed by atoms with van der Waals surface area (Å²) in [5.41, 5.74) is 3.78. The number of esters is 2. The monoisotopic (exact) mass is 894 g/mol. The van der Waals surface area contributed by atoms with Crippen LogP contribution >= 0.6 is 22.7 Å². The number of benzene rings is 4. The molecule has 4 aromatic carbocycles. The number of thiazole rings is 2. The van der Waals surface area contributed by atoms with Crippen LogP contribution in [0.4, 0.5) is 33.3 Å². The summed E-state index contributed by atoms with van der Waals surface area (Å²) in [6.07, 6.45) is 7.87. The predicted octanol–water partition coefficient (Wildman–Crippen LogP) is 9.24. The highest BCUT2D eigenvalue weighted by Crippen LogP contribution is 2.35. The van der Waals surface area contributed by atoms with E-state index in [1.807, 2.05) is 94.7 Å². The van der Waals surface area contributed by atoms with E-state index >= 15 is 0 Å². The zero-order valence-corrected chi connectivity index (χ0v) is 36.4. The van der Waals surface area contributed by atoms with Crippen LogP contribution in [-0.2, 0) is 19.1 Å². The van der Waals surface area contributed by atoms with Crippen LogP contribution in [0.1, 0.15) is 12.8 Å². The minimum Gasteiger partial charge on any atom is -0.469 e. The maximum atomic E-state index is 11.9. The molecule has 0 bridgehead atoms. The molecule has 324 valence electrons. The number of fused-ring (bicyclic) bond motifs is 2. The molecule has 18 heteroatoms. The molecule has 2 saturated heterocycles. The molecule has 0 spiro atoms. The first-order valence-corrected chi connectivity index (χ1v) is 22.1. The number of carbonyl (C=O) groups is 2. The number of rotatable bonds is 12. The Balaban J connectivity index is 0.000000162. The van der Waals surface area contributed by atoms with E-state index < -0.39 is 0 Å². The van der Waals surface area contributed by atoms with Gasteiger partial charge in [-0.3, -0.25) is 9.59 Å². The van der Waals surface area contributed by atoms with Crippen LogP contribution in [0.2, 0.25) is 0 Å². The second-order valence-corrected chi connectivity index (χ2v) is 16.8. The number of methoxy groups -OCH3 is 2. The van der Waals surface area contributed by atoms with Crippen LogP contribution < -0.4 is 29.9 Å². The molecule has 4 aromatic heterocycles. The molecule has 2 aliphatic rings. The van der Waals surface area contributed by atoms with Crippen molar-refractivity contribution in [2.45, 2.75) is 12.8 Å². The number of carbonyl (C=O) groups excluding carboxylic acids is 2. The number of para-hydroxylation sites is 2. The van der Waals surface area contributed by atoms with Gasteiger partial charge in [-0.25, -0.2) is 29.9 Å². The van der Waals surface area contributed by atoms with Crippen LogP contribution in [0.15, 0.2) is 122 Å². The van der Waals surface area contributed by atoms with E-state index in [1.54, 1.807) is 47.5 Å². The predicted molar refractivity (Wildman–Crippen MR) is 248 cm³/mol. The Morgan fingerprint density at radius 3 is 1.38 bits per heavy atom. The van der Waals surface area contributed by atoms with E-state index in [0.29, 0.717) is 61.1 Å². The van der Waals surface area contributed by atoms with Gasteiger partial charge in [0.25, 0.3) is 11.8 Å². The molecular weight excluding hydrogens is 853 g/mol. The SMILES string of the molecule is COC(=O)[C@@H]1CCN(c2nccnc2Oc2ccc(Nc3nc4ccccc4s3)cc2)C1.COC(=O)[C@H]1CCN(c2nccnc2Oc2ccc(Nc3nc4ccccc4s3)cc2)C1. The highest BCUT2D eigenvalue weighted by Gasteiger charge is 2.33. The molecule has 6 heterocycles. The van der Waals surface area contributed by atoms with E-state index in [-0.39, 0.29) is 23.8 Å². The lowest BCUT2D eigenvalue weighted by Crippen LogP contribution is -2.24. The zero-order chi connectivity index (χ0) is 43.8. The van der Waals surface area contributed by atoms with E-state index in [1.165, 1.54) is 14.2 Å². The summed E-state index contributed by atoms with van der Waals surface area (Å²) >= 11 is 3.22. The van der Waals surface area contributed by atoms with Gasteiger partial charge in [-0.15, -0.1) is 0 Å². The van der Waals surface area contributed by atoms with Gasteiger partial charge in [-0.1, -0.05) is 46.9 Å². The topological polar surface area (TPSA) is 179 Å². The highest BCUT2D eigenvalue weighted by molar-refractivity contribution is 7.22. The number of nitrogens with one attached hydrogen (secondary N) is 2. The van der Waals surface area contributed by atoms with Gasteiger partial charge in [0.2, 0.25) is 0 Å². The van der Waals surface area contributed by atoms with Gasteiger partial charge < -0.3 is 39.4 Å². The summed E-state index contributed by atoms with van der Waals surface area (Å²) in [5, 5.41) is 8.34. The van der Waals surface area contributed by atoms with Gasteiger partial charge in [0.15, 0.2) is 21.9 Å². The fraction of sp³-hybridized carbons (Fsp3) is 0.217. The first-order chi connectivity index (χ1) is 31.4. The molecule has 64 heavy (non-hydrogen) atoms. The molecule has 0 amide bonds. The van der Waals surface area contributed by atoms with Crippen molar-refractivity contribution in [1.82, 2.24) is 29.9 Å². The molecule has 16 nitrogen and oxygen atoms in total. The Morgan fingerprint density at radius 2 is 0.969 bits per heavy atom. The van der Waals surface area contributed by atoms with Crippen LogP contribution in [0.25, 0.3) is 20.4 Å². The molecule has 10 rings (SSSR count). The summed E-state index contributed by atoms with van der Waals surface area (Å²) < 4.78 is 24.1. The van der Waals surface area contributed by atoms with Crippen molar-refractivity contribution in [1.29, 1.82) is 0 Å². The number of aromatic nitrogens is 6. The van der Waals surface area contributed by atoms with Crippen molar-refractivity contribution in [3.8, 4) is 23.3 Å². The fourth-order valence-electron chi connectivity index (χ4n) is 7.37. The standard InChI is InChI=1S/2C23H21N5O3S/c2*1-30-22(29)15-10-13-28(14-15)20-21(25-12-11-24-20)31-17-8-6-16(7-9-17)26-23-27-18-4-2-3-5-19(18)32-23/h2*2-9,11-12,15H,10,13-14H2,1H3,(H,26,27)/t2*15-/m10/s1. The molecule has 0 saturated carbocycles. The van der Waals surface area contributed by atoms with Gasteiger partial charge in [-0.05, 0) is 85.6 Å². The lowest BCUT2D eigenvalue weighted by Gasteiger charge is -2.19. The highest BCUT2D eigenvalue weighted by atomic mass is 32.1. The molecule has 8 aromatic rings. The average molecular weight is 895 g/mol. The van der Waals surface area contributed by atoms with Gasteiger partial charge in [0.05, 0.1) is 46.5 Å². The van der Waals surface area contributed by atoms with Crippen LogP contribution in [0.5, 0.6) is 23.3 Å². The maximum Gasteiger partial charge on any atom is 0.310 e. The van der Waals surface area contributed by atoms with Gasteiger partial charge >= 0.3 is 11.9 Å². The number of ether oxygens (including phenoxy) is 4. The van der Waals surface area contributed by atoms with Crippen molar-refractivity contribution < 1.29 is 28.5 Å². The Kier molecular flexibility index (Phi) is 12.6. The number of hydrogen-bond acceptors (Lipinski definition) is 18.